The first-order valence-electron chi connectivity index (χ1n) is 8.46. The van der Waals surface area contributed by atoms with Crippen LogP contribution in [0.5, 0.6) is 0 Å². The van der Waals surface area contributed by atoms with Gasteiger partial charge in [0.1, 0.15) is 0 Å². The Hall–Kier alpha value is -2.05. The maximum Gasteiger partial charge on any atom is 0.321 e. The molecular formula is C18H25N3O3. The number of nitrogens with one attached hydrogen (secondary N) is 1. The van der Waals surface area contributed by atoms with E-state index < -0.39 is 0 Å². The predicted molar refractivity (Wildman–Crippen MR) is 94.2 cm³/mol. The second-order valence-corrected chi connectivity index (χ2v) is 6.34. The lowest BCUT2D eigenvalue weighted by atomic mass is 9.99. The predicted octanol–water partition coefficient (Wildman–Crippen LogP) is 2.52. The number of carbonyl (C=O) groups excluding carboxylic acids is 1. The van der Waals surface area contributed by atoms with Gasteiger partial charge in [0.2, 0.25) is 0 Å². The Balaban J connectivity index is 1.71. The summed E-state index contributed by atoms with van der Waals surface area (Å²) in [6.07, 6.45) is 3.96. The highest BCUT2D eigenvalue weighted by atomic mass is 16.5. The van der Waals surface area contributed by atoms with Gasteiger partial charge in [-0.15, -0.1) is 0 Å². The molecule has 1 aromatic carbocycles. The van der Waals surface area contributed by atoms with Crippen molar-refractivity contribution in [1.29, 1.82) is 0 Å². The van der Waals surface area contributed by atoms with Crippen LogP contribution in [0.3, 0.4) is 0 Å². The van der Waals surface area contributed by atoms with Crippen LogP contribution < -0.4 is 5.32 Å². The normalized spacial score (nSPS) is 18.1. The summed E-state index contributed by atoms with van der Waals surface area (Å²) in [5, 5.41) is 13.4. The van der Waals surface area contributed by atoms with E-state index >= 15 is 0 Å². The lowest BCUT2D eigenvalue weighted by molar-refractivity contribution is 0.136. The number of fused-ring (bicyclic) bond motifs is 1. The van der Waals surface area contributed by atoms with Gasteiger partial charge in [-0.05, 0) is 42.3 Å². The van der Waals surface area contributed by atoms with Crippen LogP contribution in [0.1, 0.15) is 12.8 Å². The van der Waals surface area contributed by atoms with Crippen molar-refractivity contribution in [3.05, 3.63) is 30.5 Å². The number of methoxy groups -OCH3 is 1. The SMILES string of the molecule is COCCn1ccc2ccc(NC(=O)N3CCCC(CO)C3)cc21. The molecule has 1 saturated heterocycles. The fourth-order valence-electron chi connectivity index (χ4n) is 3.25. The molecule has 0 bridgehead atoms. The molecule has 0 spiro atoms. The lowest BCUT2D eigenvalue weighted by Gasteiger charge is -2.31. The van der Waals surface area contributed by atoms with Crippen molar-refractivity contribution in [3.8, 4) is 0 Å². The van der Waals surface area contributed by atoms with E-state index in [1.807, 2.05) is 24.4 Å². The summed E-state index contributed by atoms with van der Waals surface area (Å²) >= 11 is 0. The van der Waals surface area contributed by atoms with Crippen LogP contribution in [-0.2, 0) is 11.3 Å². The number of carbonyl (C=O) groups is 1. The number of rotatable bonds is 5. The van der Waals surface area contributed by atoms with Crippen molar-refractivity contribution >= 4 is 22.6 Å². The monoisotopic (exact) mass is 331 g/mol. The van der Waals surface area contributed by atoms with Gasteiger partial charge in [0.15, 0.2) is 0 Å². The number of aliphatic hydroxyl groups is 1. The maximum absolute atomic E-state index is 12.5. The van der Waals surface area contributed by atoms with Gasteiger partial charge >= 0.3 is 6.03 Å². The minimum atomic E-state index is -0.0949. The number of urea groups is 1. The molecule has 6 nitrogen and oxygen atoms in total. The third kappa shape index (κ3) is 3.71. The molecule has 1 aliphatic rings. The molecule has 2 N–H and O–H groups in total. The molecule has 1 aromatic heterocycles. The number of benzene rings is 1. The summed E-state index contributed by atoms with van der Waals surface area (Å²) < 4.78 is 7.26. The molecule has 1 unspecified atom stereocenters. The Morgan fingerprint density at radius 1 is 1.42 bits per heavy atom. The Morgan fingerprint density at radius 3 is 3.08 bits per heavy atom. The molecule has 6 heteroatoms. The standard InChI is InChI=1S/C18H25N3O3/c1-24-10-9-20-8-6-15-4-5-16(11-17(15)20)19-18(23)21-7-2-3-14(12-21)13-22/h4-6,8,11,14,22H,2-3,7,9-10,12-13H2,1H3,(H,19,23). The summed E-state index contributed by atoms with van der Waals surface area (Å²) in [7, 11) is 1.69. The average molecular weight is 331 g/mol. The minimum Gasteiger partial charge on any atom is -0.396 e. The fourth-order valence-corrected chi connectivity index (χ4v) is 3.25. The van der Waals surface area contributed by atoms with Crippen molar-refractivity contribution in [1.82, 2.24) is 9.47 Å². The van der Waals surface area contributed by atoms with Gasteiger partial charge in [-0.2, -0.15) is 0 Å². The van der Waals surface area contributed by atoms with Gasteiger partial charge in [-0.3, -0.25) is 0 Å². The molecule has 1 atom stereocenters. The van der Waals surface area contributed by atoms with Crippen LogP contribution in [0, 0.1) is 5.92 Å². The zero-order valence-electron chi connectivity index (χ0n) is 14.1. The smallest absolute Gasteiger partial charge is 0.321 e. The Morgan fingerprint density at radius 2 is 2.29 bits per heavy atom. The Labute approximate surface area is 142 Å². The zero-order valence-corrected chi connectivity index (χ0v) is 14.1. The van der Waals surface area contributed by atoms with Crippen LogP contribution >= 0.6 is 0 Å². The number of hydrogen-bond acceptors (Lipinski definition) is 3. The van der Waals surface area contributed by atoms with Crippen molar-refractivity contribution in [2.24, 2.45) is 5.92 Å². The summed E-state index contributed by atoms with van der Waals surface area (Å²) in [5.74, 6) is 0.193. The summed E-state index contributed by atoms with van der Waals surface area (Å²) in [4.78, 5) is 14.3. The lowest BCUT2D eigenvalue weighted by Crippen LogP contribution is -2.43. The second-order valence-electron chi connectivity index (χ2n) is 6.34. The van der Waals surface area contributed by atoms with Crippen LogP contribution in [0.25, 0.3) is 10.9 Å². The first-order chi connectivity index (χ1) is 11.7. The van der Waals surface area contributed by atoms with Gasteiger partial charge in [0.05, 0.1) is 12.1 Å². The Kier molecular flexibility index (Phi) is 5.37. The number of hydrogen-bond donors (Lipinski definition) is 2. The summed E-state index contributed by atoms with van der Waals surface area (Å²) in [6.45, 7) is 2.94. The van der Waals surface area contributed by atoms with Gasteiger partial charge in [0.25, 0.3) is 0 Å². The van der Waals surface area contributed by atoms with E-state index in [4.69, 9.17) is 4.74 Å². The highest BCUT2D eigenvalue weighted by Gasteiger charge is 2.23. The van der Waals surface area contributed by atoms with E-state index in [2.05, 4.69) is 16.0 Å². The molecule has 2 amide bonds. The molecule has 24 heavy (non-hydrogen) atoms. The molecule has 0 radical (unpaired) electrons. The second kappa shape index (κ2) is 7.68. The average Bonchev–Trinajstić information content (AvgIpc) is 3.02. The van der Waals surface area contributed by atoms with Crippen LogP contribution in [-0.4, -0.2) is 54.0 Å². The number of aromatic nitrogens is 1. The van der Waals surface area contributed by atoms with Crippen molar-refractivity contribution in [3.63, 3.8) is 0 Å². The van der Waals surface area contributed by atoms with Crippen LogP contribution in [0.2, 0.25) is 0 Å². The van der Waals surface area contributed by atoms with Gasteiger partial charge < -0.3 is 24.6 Å². The Bertz CT molecular complexity index is 698. The fraction of sp³-hybridized carbons (Fsp3) is 0.500. The third-order valence-electron chi connectivity index (χ3n) is 4.63. The topological polar surface area (TPSA) is 66.7 Å². The van der Waals surface area contributed by atoms with Crippen LogP contribution in [0.15, 0.2) is 30.5 Å². The minimum absolute atomic E-state index is 0.0949. The van der Waals surface area contributed by atoms with Gasteiger partial charge in [-0.25, -0.2) is 4.79 Å². The molecule has 1 aliphatic heterocycles. The quantitative estimate of drug-likeness (QED) is 0.885. The highest BCUT2D eigenvalue weighted by Crippen LogP contribution is 2.22. The third-order valence-corrected chi connectivity index (χ3v) is 4.63. The number of ether oxygens (including phenoxy) is 1. The molecule has 1 fully saturated rings. The van der Waals surface area contributed by atoms with Gasteiger partial charge in [0, 0.05) is 45.2 Å². The summed E-state index contributed by atoms with van der Waals surface area (Å²) in [5.41, 5.74) is 1.87. The maximum atomic E-state index is 12.5. The first kappa shape index (κ1) is 16.8. The number of aliphatic hydroxyl groups excluding tert-OH is 1. The molecule has 3 rings (SSSR count). The van der Waals surface area contributed by atoms with E-state index in [0.29, 0.717) is 13.2 Å². The molecule has 2 heterocycles. The highest BCUT2D eigenvalue weighted by molar-refractivity contribution is 5.93. The van der Waals surface area contributed by atoms with E-state index in [9.17, 15) is 9.90 Å². The largest absolute Gasteiger partial charge is 0.396 e. The van der Waals surface area contributed by atoms with Crippen LogP contribution in [0.4, 0.5) is 10.5 Å². The first-order valence-corrected chi connectivity index (χ1v) is 8.46. The van der Waals surface area contributed by atoms with Crippen molar-refractivity contribution in [2.45, 2.75) is 19.4 Å². The molecule has 2 aromatic rings. The molecular weight excluding hydrogens is 306 g/mol. The van der Waals surface area contributed by atoms with Crippen molar-refractivity contribution in [2.75, 3.05) is 38.7 Å². The van der Waals surface area contributed by atoms with Gasteiger partial charge in [-0.1, -0.05) is 6.07 Å². The number of likely N-dealkylation sites (tertiary alicyclic amines) is 1. The number of amides is 2. The zero-order chi connectivity index (χ0) is 16.9. The van der Waals surface area contributed by atoms with E-state index in [-0.39, 0.29) is 18.6 Å². The number of nitrogens with zero attached hydrogens (tertiary/aromatic N) is 2. The molecule has 0 saturated carbocycles. The van der Waals surface area contributed by atoms with E-state index in [0.717, 1.165) is 42.5 Å². The summed E-state index contributed by atoms with van der Waals surface area (Å²) in [6, 6.07) is 7.90. The number of anilines is 1. The van der Waals surface area contributed by atoms with Crippen molar-refractivity contribution < 1.29 is 14.6 Å². The number of piperidine rings is 1. The molecule has 130 valence electrons. The van der Waals surface area contributed by atoms with E-state index in [1.54, 1.807) is 12.0 Å². The van der Waals surface area contributed by atoms with E-state index in [1.165, 1.54) is 0 Å². The molecule has 0 aliphatic carbocycles.